The Morgan fingerprint density at radius 2 is 1.32 bits per heavy atom. The van der Waals surface area contributed by atoms with Crippen LogP contribution in [-0.4, -0.2) is 33.0 Å². The van der Waals surface area contributed by atoms with Crippen molar-refractivity contribution in [3.8, 4) is 5.75 Å². The topological polar surface area (TPSA) is 80.9 Å². The molecular weight excluding hydrogens is 525 g/mol. The first-order valence-corrected chi connectivity index (χ1v) is 16.8. The highest BCUT2D eigenvalue weighted by Gasteiger charge is 2.16. The molecule has 2 unspecified atom stereocenters. The molecule has 0 radical (unpaired) electrons. The summed E-state index contributed by atoms with van der Waals surface area (Å²) in [4.78, 5) is 12.3. The Morgan fingerprint density at radius 3 is 1.88 bits per heavy atom. The number of ether oxygens (including phenoxy) is 2. The van der Waals surface area contributed by atoms with Gasteiger partial charge in [-0.1, -0.05) is 96.5 Å². The largest absolute Gasteiger partial charge is 0.746 e. The predicted molar refractivity (Wildman–Crippen MR) is 158 cm³/mol. The molecule has 1 aromatic carbocycles. The molecule has 0 aliphatic heterocycles. The zero-order valence-electron chi connectivity index (χ0n) is 24.8. The van der Waals surface area contributed by atoms with E-state index in [1.807, 2.05) is 47.3 Å². The van der Waals surface area contributed by atoms with Crippen molar-refractivity contribution in [2.24, 2.45) is 0 Å². The number of pyridine rings is 1. The summed E-state index contributed by atoms with van der Waals surface area (Å²) in [6, 6.07) is 12.8. The SMILES string of the molecule is CCCCCCCCCCCCCCCCOCC(COP(=O)([O-])Oc1ccc(C[n+]2ccccc2)cc1)OC. The van der Waals surface area contributed by atoms with Gasteiger partial charge in [0.1, 0.15) is 11.9 Å². The van der Waals surface area contributed by atoms with Crippen molar-refractivity contribution in [3.63, 3.8) is 0 Å². The monoisotopic (exact) mass is 577 g/mol. The first-order valence-electron chi connectivity index (χ1n) is 15.3. The van der Waals surface area contributed by atoms with Gasteiger partial charge in [-0.05, 0) is 30.7 Å². The Hall–Kier alpha value is -1.76. The highest BCUT2D eigenvalue weighted by molar-refractivity contribution is 7.46. The number of rotatable bonds is 25. The lowest BCUT2D eigenvalue weighted by atomic mass is 10.0. The second-order valence-electron chi connectivity index (χ2n) is 10.6. The number of phosphoric ester groups is 1. The van der Waals surface area contributed by atoms with Gasteiger partial charge in [0.05, 0.1) is 13.2 Å². The third kappa shape index (κ3) is 17.1. The van der Waals surface area contributed by atoms with Crippen LogP contribution < -0.4 is 14.0 Å². The van der Waals surface area contributed by atoms with E-state index in [0.29, 0.717) is 13.2 Å². The van der Waals surface area contributed by atoms with Gasteiger partial charge in [-0.25, -0.2) is 4.57 Å². The molecule has 0 fully saturated rings. The lowest BCUT2D eigenvalue weighted by Gasteiger charge is -2.25. The number of nitrogens with zero attached hydrogens (tertiary/aromatic N) is 1. The van der Waals surface area contributed by atoms with Crippen LogP contribution in [0.4, 0.5) is 0 Å². The number of methoxy groups -OCH3 is 1. The second kappa shape index (κ2) is 21.9. The van der Waals surface area contributed by atoms with E-state index in [-0.39, 0.29) is 19.0 Å². The van der Waals surface area contributed by atoms with Gasteiger partial charge >= 0.3 is 7.82 Å². The molecule has 2 rings (SSSR count). The van der Waals surface area contributed by atoms with Crippen LogP contribution in [0.1, 0.15) is 102 Å². The van der Waals surface area contributed by atoms with Gasteiger partial charge in [0.15, 0.2) is 18.9 Å². The average Bonchev–Trinajstić information content (AvgIpc) is 2.96. The van der Waals surface area contributed by atoms with Crippen LogP contribution in [0.3, 0.4) is 0 Å². The number of phosphoric acid groups is 1. The Bertz CT molecular complexity index is 911. The van der Waals surface area contributed by atoms with Crippen LogP contribution in [-0.2, 0) is 25.1 Å². The molecule has 40 heavy (non-hydrogen) atoms. The molecule has 1 heterocycles. The summed E-state index contributed by atoms with van der Waals surface area (Å²) in [5.74, 6) is 0.211. The summed E-state index contributed by atoms with van der Waals surface area (Å²) in [7, 11) is -3.01. The normalized spacial score (nSPS) is 13.7. The molecule has 2 atom stereocenters. The minimum Gasteiger partial charge on any atom is -0.746 e. The first-order chi connectivity index (χ1) is 19.5. The molecule has 7 nitrogen and oxygen atoms in total. The molecule has 8 heteroatoms. The van der Waals surface area contributed by atoms with E-state index in [2.05, 4.69) is 6.92 Å². The highest BCUT2D eigenvalue weighted by atomic mass is 31.2. The lowest BCUT2D eigenvalue weighted by molar-refractivity contribution is -0.688. The number of hydrogen-bond acceptors (Lipinski definition) is 6. The molecule has 226 valence electrons. The van der Waals surface area contributed by atoms with Crippen molar-refractivity contribution in [2.75, 3.05) is 26.9 Å². The van der Waals surface area contributed by atoms with Gasteiger partial charge in [0.2, 0.25) is 0 Å². The van der Waals surface area contributed by atoms with Gasteiger partial charge in [-0.2, -0.15) is 0 Å². The molecule has 0 bridgehead atoms. The van der Waals surface area contributed by atoms with E-state index in [4.69, 9.17) is 18.5 Å². The number of benzene rings is 1. The second-order valence-corrected chi connectivity index (χ2v) is 11.9. The molecule has 0 saturated heterocycles. The summed E-state index contributed by atoms with van der Waals surface area (Å²) in [6.45, 7) is 3.71. The molecule has 0 aliphatic carbocycles. The fourth-order valence-electron chi connectivity index (χ4n) is 4.53. The molecule has 0 saturated carbocycles. The summed E-state index contributed by atoms with van der Waals surface area (Å²) >= 11 is 0. The Labute approximate surface area is 242 Å². The molecule has 2 aromatic rings. The molecular formula is C32H52NO6P. The van der Waals surface area contributed by atoms with Crippen molar-refractivity contribution in [3.05, 3.63) is 60.4 Å². The van der Waals surface area contributed by atoms with Crippen molar-refractivity contribution in [1.82, 2.24) is 0 Å². The van der Waals surface area contributed by atoms with E-state index in [0.717, 1.165) is 18.4 Å². The van der Waals surface area contributed by atoms with Gasteiger partial charge in [0, 0.05) is 31.4 Å². The lowest BCUT2D eigenvalue weighted by Crippen LogP contribution is -2.32. The predicted octanol–water partition coefficient (Wildman–Crippen LogP) is 7.40. The van der Waals surface area contributed by atoms with Crippen molar-refractivity contribution in [2.45, 2.75) is 109 Å². The van der Waals surface area contributed by atoms with Crippen LogP contribution in [0.15, 0.2) is 54.9 Å². The van der Waals surface area contributed by atoms with E-state index in [9.17, 15) is 9.46 Å². The zero-order chi connectivity index (χ0) is 28.7. The van der Waals surface area contributed by atoms with E-state index < -0.39 is 13.9 Å². The quantitative estimate of drug-likeness (QED) is 0.0695. The maximum Gasteiger partial charge on any atom is 0.319 e. The van der Waals surface area contributed by atoms with E-state index in [1.165, 1.54) is 84.2 Å². The van der Waals surface area contributed by atoms with Crippen LogP contribution in [0, 0.1) is 0 Å². The molecule has 0 N–H and O–H groups in total. The fourth-order valence-corrected chi connectivity index (χ4v) is 5.32. The smallest absolute Gasteiger partial charge is 0.319 e. The summed E-state index contributed by atoms with van der Waals surface area (Å²) in [5, 5.41) is 0. The number of hydrogen-bond donors (Lipinski definition) is 0. The van der Waals surface area contributed by atoms with Gasteiger partial charge in [-0.15, -0.1) is 0 Å². The summed E-state index contributed by atoms with van der Waals surface area (Å²) in [6.07, 6.45) is 21.9. The molecule has 0 aliphatic rings. The van der Waals surface area contributed by atoms with Crippen LogP contribution in [0.2, 0.25) is 0 Å². The van der Waals surface area contributed by atoms with Crippen molar-refractivity contribution in [1.29, 1.82) is 0 Å². The minimum absolute atomic E-state index is 0.154. The zero-order valence-corrected chi connectivity index (χ0v) is 25.7. The fraction of sp³-hybridized carbons (Fsp3) is 0.656. The first kappa shape index (κ1) is 34.4. The molecule has 0 spiro atoms. The van der Waals surface area contributed by atoms with Crippen molar-refractivity contribution < 1.29 is 32.5 Å². The minimum atomic E-state index is -4.53. The van der Waals surface area contributed by atoms with E-state index >= 15 is 0 Å². The third-order valence-electron chi connectivity index (χ3n) is 6.98. The van der Waals surface area contributed by atoms with E-state index in [1.54, 1.807) is 12.1 Å². The van der Waals surface area contributed by atoms with Crippen LogP contribution >= 0.6 is 7.82 Å². The summed E-state index contributed by atoms with van der Waals surface area (Å²) in [5.41, 5.74) is 1.03. The highest BCUT2D eigenvalue weighted by Crippen LogP contribution is 2.39. The number of unbranched alkanes of at least 4 members (excludes halogenated alkanes) is 13. The Balaban J connectivity index is 1.48. The van der Waals surface area contributed by atoms with Gasteiger partial charge < -0.3 is 23.4 Å². The van der Waals surface area contributed by atoms with Gasteiger partial charge in [-0.3, -0.25) is 4.57 Å². The average molecular weight is 578 g/mol. The Morgan fingerprint density at radius 1 is 0.775 bits per heavy atom. The third-order valence-corrected chi connectivity index (χ3v) is 7.88. The standard InChI is InChI=1S/C32H52NO6P/c1-3-4-5-6-7-8-9-10-11-12-13-14-15-19-26-37-28-32(36-2)29-38-40(34,35)39-31-22-20-30(21-23-31)27-33-24-17-16-18-25-33/h16-18,20-25,32H,3-15,19,26-29H2,1-2H3. The van der Waals surface area contributed by atoms with Gasteiger partial charge in [0.25, 0.3) is 0 Å². The van der Waals surface area contributed by atoms with Crippen LogP contribution in [0.25, 0.3) is 0 Å². The number of aromatic nitrogens is 1. The maximum atomic E-state index is 12.3. The van der Waals surface area contributed by atoms with Crippen molar-refractivity contribution >= 4 is 7.82 Å². The molecule has 0 amide bonds. The Kier molecular flexibility index (Phi) is 18.9. The van der Waals surface area contributed by atoms with Crippen LogP contribution in [0.5, 0.6) is 5.75 Å². The maximum absolute atomic E-state index is 12.3. The summed E-state index contributed by atoms with van der Waals surface area (Å²) < 4.78 is 35.5. The molecule has 1 aromatic heterocycles.